The molecule has 0 saturated carbocycles. The highest BCUT2D eigenvalue weighted by Gasteiger charge is 2.31. The molecule has 0 unspecified atom stereocenters. The van der Waals surface area contributed by atoms with Crippen LogP contribution in [0.3, 0.4) is 0 Å². The molecule has 1 fully saturated rings. The number of hydrogen-bond donors (Lipinski definition) is 1. The molecule has 5 heteroatoms. The van der Waals surface area contributed by atoms with Crippen molar-refractivity contribution in [2.24, 2.45) is 5.92 Å². The second-order valence-electron chi connectivity index (χ2n) is 6.02. The predicted octanol–water partition coefficient (Wildman–Crippen LogP) is 1.53. The molecule has 19 heavy (non-hydrogen) atoms. The van der Waals surface area contributed by atoms with E-state index < -0.39 is 5.60 Å². The van der Waals surface area contributed by atoms with Crippen LogP contribution in [-0.2, 0) is 0 Å². The Labute approximate surface area is 115 Å². The maximum atomic E-state index is 10.1. The van der Waals surface area contributed by atoms with Crippen LogP contribution < -0.4 is 9.80 Å². The number of piperidine rings is 1. The molecule has 0 spiro atoms. The van der Waals surface area contributed by atoms with Crippen molar-refractivity contribution < 1.29 is 5.11 Å². The summed E-state index contributed by atoms with van der Waals surface area (Å²) in [6.45, 7) is 5.62. The van der Waals surface area contributed by atoms with Gasteiger partial charge in [-0.05, 0) is 38.7 Å². The number of aromatic nitrogens is 2. The summed E-state index contributed by atoms with van der Waals surface area (Å²) in [6, 6.07) is 1.91. The van der Waals surface area contributed by atoms with Gasteiger partial charge in [0.2, 0.25) is 5.95 Å². The first-order valence-corrected chi connectivity index (χ1v) is 6.85. The fourth-order valence-electron chi connectivity index (χ4n) is 2.53. The summed E-state index contributed by atoms with van der Waals surface area (Å²) in [7, 11) is 3.96. The van der Waals surface area contributed by atoms with Crippen molar-refractivity contribution in [3.05, 3.63) is 12.3 Å². The SMILES string of the molecule is CN(C)c1ccnc(N2CCC(C(C)(C)O)CC2)n1. The minimum atomic E-state index is -0.585. The Hall–Kier alpha value is -1.36. The molecule has 106 valence electrons. The highest BCUT2D eigenvalue weighted by molar-refractivity contribution is 5.42. The van der Waals surface area contributed by atoms with E-state index in [1.807, 2.05) is 38.9 Å². The van der Waals surface area contributed by atoms with Crippen molar-refractivity contribution in [2.75, 3.05) is 37.0 Å². The average molecular weight is 264 g/mol. The predicted molar refractivity (Wildman–Crippen MR) is 77.6 cm³/mol. The lowest BCUT2D eigenvalue weighted by Gasteiger charge is -2.37. The molecular formula is C14H24N4O. The zero-order valence-electron chi connectivity index (χ0n) is 12.3. The van der Waals surface area contributed by atoms with Gasteiger partial charge >= 0.3 is 0 Å². The van der Waals surface area contributed by atoms with E-state index in [0.29, 0.717) is 5.92 Å². The van der Waals surface area contributed by atoms with Gasteiger partial charge in [-0.1, -0.05) is 0 Å². The van der Waals surface area contributed by atoms with Crippen molar-refractivity contribution in [1.29, 1.82) is 0 Å². The molecule has 1 aromatic heterocycles. The Kier molecular flexibility index (Phi) is 3.94. The van der Waals surface area contributed by atoms with Gasteiger partial charge < -0.3 is 14.9 Å². The molecule has 1 saturated heterocycles. The van der Waals surface area contributed by atoms with E-state index in [1.165, 1.54) is 0 Å². The van der Waals surface area contributed by atoms with Gasteiger partial charge in [-0.3, -0.25) is 0 Å². The van der Waals surface area contributed by atoms with Crippen LogP contribution in [0.2, 0.25) is 0 Å². The van der Waals surface area contributed by atoms with E-state index in [2.05, 4.69) is 14.9 Å². The lowest BCUT2D eigenvalue weighted by molar-refractivity contribution is 0.00640. The maximum absolute atomic E-state index is 10.1. The minimum absolute atomic E-state index is 0.362. The summed E-state index contributed by atoms with van der Waals surface area (Å²) in [5.74, 6) is 2.08. The Morgan fingerprint density at radius 3 is 2.47 bits per heavy atom. The van der Waals surface area contributed by atoms with E-state index >= 15 is 0 Å². The number of aliphatic hydroxyl groups is 1. The Balaban J connectivity index is 2.03. The molecule has 0 atom stereocenters. The van der Waals surface area contributed by atoms with Crippen molar-refractivity contribution in [3.8, 4) is 0 Å². The van der Waals surface area contributed by atoms with Gasteiger partial charge in [-0.2, -0.15) is 4.98 Å². The second-order valence-corrected chi connectivity index (χ2v) is 6.02. The molecule has 1 aromatic rings. The first kappa shape index (κ1) is 14.1. The van der Waals surface area contributed by atoms with Crippen LogP contribution in [0.15, 0.2) is 12.3 Å². The summed E-state index contributed by atoms with van der Waals surface area (Å²) < 4.78 is 0. The van der Waals surface area contributed by atoms with Gasteiger partial charge in [-0.25, -0.2) is 4.98 Å². The lowest BCUT2D eigenvalue weighted by atomic mass is 9.83. The molecule has 0 bridgehead atoms. The van der Waals surface area contributed by atoms with Crippen molar-refractivity contribution >= 4 is 11.8 Å². The van der Waals surface area contributed by atoms with Crippen LogP contribution in [0.1, 0.15) is 26.7 Å². The van der Waals surface area contributed by atoms with Crippen LogP contribution in [0.25, 0.3) is 0 Å². The van der Waals surface area contributed by atoms with Crippen molar-refractivity contribution in [2.45, 2.75) is 32.3 Å². The molecule has 1 aliphatic rings. The topological polar surface area (TPSA) is 52.5 Å². The largest absolute Gasteiger partial charge is 0.390 e. The van der Waals surface area contributed by atoms with Crippen molar-refractivity contribution in [3.63, 3.8) is 0 Å². The van der Waals surface area contributed by atoms with Crippen LogP contribution >= 0.6 is 0 Å². The third-order valence-corrected chi connectivity index (χ3v) is 3.86. The fourth-order valence-corrected chi connectivity index (χ4v) is 2.53. The zero-order valence-corrected chi connectivity index (χ0v) is 12.3. The third kappa shape index (κ3) is 3.35. The normalized spacial score (nSPS) is 17.6. The van der Waals surface area contributed by atoms with Crippen LogP contribution in [0, 0.1) is 5.92 Å². The highest BCUT2D eigenvalue weighted by atomic mass is 16.3. The van der Waals surface area contributed by atoms with E-state index in [9.17, 15) is 5.11 Å². The fraction of sp³-hybridized carbons (Fsp3) is 0.714. The monoisotopic (exact) mass is 264 g/mol. The Morgan fingerprint density at radius 1 is 1.32 bits per heavy atom. The van der Waals surface area contributed by atoms with E-state index in [1.54, 1.807) is 6.20 Å². The van der Waals surface area contributed by atoms with E-state index in [-0.39, 0.29) is 0 Å². The molecule has 0 radical (unpaired) electrons. The van der Waals surface area contributed by atoms with Gasteiger partial charge in [-0.15, -0.1) is 0 Å². The standard InChI is InChI=1S/C14H24N4O/c1-14(2,19)11-6-9-18(10-7-11)13-15-8-5-12(16-13)17(3)4/h5,8,11,19H,6-7,9-10H2,1-4H3. The van der Waals surface area contributed by atoms with Gasteiger partial charge in [0.1, 0.15) is 5.82 Å². The smallest absolute Gasteiger partial charge is 0.227 e. The highest BCUT2D eigenvalue weighted by Crippen LogP contribution is 2.29. The number of rotatable bonds is 3. The average Bonchev–Trinajstić information content (AvgIpc) is 2.38. The molecule has 0 aliphatic carbocycles. The second kappa shape index (κ2) is 5.33. The number of anilines is 2. The first-order chi connectivity index (χ1) is 8.88. The summed E-state index contributed by atoms with van der Waals surface area (Å²) in [5.41, 5.74) is -0.585. The zero-order chi connectivity index (χ0) is 14.0. The summed E-state index contributed by atoms with van der Waals surface area (Å²) in [6.07, 6.45) is 3.78. The molecule has 2 rings (SSSR count). The van der Waals surface area contributed by atoms with E-state index in [0.717, 1.165) is 37.7 Å². The van der Waals surface area contributed by atoms with Gasteiger partial charge in [0.15, 0.2) is 0 Å². The van der Waals surface area contributed by atoms with Crippen molar-refractivity contribution in [1.82, 2.24) is 9.97 Å². The first-order valence-electron chi connectivity index (χ1n) is 6.85. The van der Waals surface area contributed by atoms with Gasteiger partial charge in [0.25, 0.3) is 0 Å². The Morgan fingerprint density at radius 2 is 1.95 bits per heavy atom. The lowest BCUT2D eigenvalue weighted by Crippen LogP contribution is -2.42. The molecule has 2 heterocycles. The Bertz CT molecular complexity index is 420. The molecule has 1 aliphatic heterocycles. The maximum Gasteiger partial charge on any atom is 0.227 e. The molecule has 0 amide bonds. The van der Waals surface area contributed by atoms with Crippen LogP contribution in [0.4, 0.5) is 11.8 Å². The van der Waals surface area contributed by atoms with E-state index in [4.69, 9.17) is 0 Å². The van der Waals surface area contributed by atoms with Crippen LogP contribution in [0.5, 0.6) is 0 Å². The third-order valence-electron chi connectivity index (χ3n) is 3.86. The molecule has 1 N–H and O–H groups in total. The molecule has 5 nitrogen and oxygen atoms in total. The van der Waals surface area contributed by atoms with Crippen LogP contribution in [-0.4, -0.2) is 47.9 Å². The molecular weight excluding hydrogens is 240 g/mol. The van der Waals surface area contributed by atoms with Gasteiger partial charge in [0, 0.05) is 33.4 Å². The number of hydrogen-bond acceptors (Lipinski definition) is 5. The van der Waals surface area contributed by atoms with Gasteiger partial charge in [0.05, 0.1) is 5.60 Å². The summed E-state index contributed by atoms with van der Waals surface area (Å²) in [4.78, 5) is 13.1. The minimum Gasteiger partial charge on any atom is -0.390 e. The quantitative estimate of drug-likeness (QED) is 0.897. The number of nitrogens with zero attached hydrogens (tertiary/aromatic N) is 4. The molecule has 0 aromatic carbocycles. The summed E-state index contributed by atoms with van der Waals surface area (Å²) >= 11 is 0. The summed E-state index contributed by atoms with van der Waals surface area (Å²) in [5, 5.41) is 10.1.